The zero-order valence-electron chi connectivity index (χ0n) is 26.4. The molecule has 4 aromatic carbocycles. The van der Waals surface area contributed by atoms with Crippen LogP contribution < -0.4 is 0 Å². The molecular weight excluding hydrogens is 608 g/mol. The fourth-order valence-corrected chi connectivity index (χ4v) is 6.37. The molecule has 1 amide bonds. The summed E-state index contributed by atoms with van der Waals surface area (Å²) in [5, 5.41) is 1.92. The molecule has 0 aliphatic carbocycles. The number of likely N-dealkylation sites (tertiary alicyclic amines) is 1. The van der Waals surface area contributed by atoms with Gasteiger partial charge in [-0.3, -0.25) is 9.69 Å². The van der Waals surface area contributed by atoms with Gasteiger partial charge >= 0.3 is 6.09 Å². The highest BCUT2D eigenvalue weighted by molar-refractivity contribution is 6.16. The third-order valence-corrected chi connectivity index (χ3v) is 8.66. The van der Waals surface area contributed by atoms with Gasteiger partial charge in [-0.05, 0) is 66.6 Å². The molecule has 2 aromatic heterocycles. The lowest BCUT2D eigenvalue weighted by Crippen LogP contribution is -2.41. The molecule has 3 heterocycles. The Kier molecular flexibility index (Phi) is 8.46. The van der Waals surface area contributed by atoms with Crippen molar-refractivity contribution in [1.29, 1.82) is 0 Å². The number of fused-ring (bicyclic) bond motifs is 2. The lowest BCUT2D eigenvalue weighted by Gasteiger charge is -2.29. The second-order valence-corrected chi connectivity index (χ2v) is 11.9. The monoisotopic (exact) mass is 641 g/mol. The second-order valence-electron chi connectivity index (χ2n) is 11.9. The minimum Gasteiger partial charge on any atom is -0.450 e. The molecule has 7 rings (SSSR count). The zero-order valence-corrected chi connectivity index (χ0v) is 26.4. The third kappa shape index (κ3) is 6.29. The fraction of sp³-hybridized carbons (Fsp3) is 0.150. The van der Waals surface area contributed by atoms with Crippen molar-refractivity contribution >= 4 is 45.8 Å². The molecule has 8 heteroatoms. The van der Waals surface area contributed by atoms with Crippen LogP contribution >= 0.6 is 0 Å². The maximum Gasteiger partial charge on any atom is 0.410 e. The molecule has 1 fully saturated rings. The van der Waals surface area contributed by atoms with Crippen molar-refractivity contribution in [3.05, 3.63) is 154 Å². The van der Waals surface area contributed by atoms with Crippen LogP contribution in [0.3, 0.4) is 0 Å². The Labute approximate surface area is 276 Å². The number of piperidine rings is 1. The molecule has 240 valence electrons. The van der Waals surface area contributed by atoms with E-state index in [0.717, 1.165) is 44.1 Å². The number of carbonyl (C=O) groups is 2. The first-order chi connectivity index (χ1) is 23.4. The molecule has 0 radical (unpaired) electrons. The van der Waals surface area contributed by atoms with Crippen molar-refractivity contribution in [2.75, 3.05) is 19.7 Å². The lowest BCUT2D eigenvalue weighted by molar-refractivity contribution is -0.113. The molecule has 0 saturated carbocycles. The fourth-order valence-electron chi connectivity index (χ4n) is 6.37. The van der Waals surface area contributed by atoms with Crippen LogP contribution in [-0.4, -0.2) is 45.6 Å². The van der Waals surface area contributed by atoms with E-state index >= 15 is 0 Å². The van der Waals surface area contributed by atoms with Gasteiger partial charge in [0, 0.05) is 69.6 Å². The van der Waals surface area contributed by atoms with E-state index in [0.29, 0.717) is 24.2 Å². The van der Waals surface area contributed by atoms with Crippen LogP contribution in [0.4, 0.5) is 13.6 Å². The first-order valence-electron chi connectivity index (χ1n) is 15.9. The average Bonchev–Trinajstić information content (AvgIpc) is 3.62. The normalized spacial score (nSPS) is 15.2. The maximum atomic E-state index is 14.2. The number of aromatic nitrogens is 2. The van der Waals surface area contributed by atoms with Crippen LogP contribution in [0, 0.1) is 11.6 Å². The number of Topliss-reactive ketones (excluding diaryl/α,β-unsaturated/α-hetero) is 1. The van der Waals surface area contributed by atoms with Gasteiger partial charge in [0.15, 0.2) is 5.78 Å². The molecule has 1 saturated heterocycles. The molecule has 6 aromatic rings. The van der Waals surface area contributed by atoms with E-state index in [9.17, 15) is 18.4 Å². The Morgan fingerprint density at radius 1 is 0.688 bits per heavy atom. The highest BCUT2D eigenvalue weighted by Gasteiger charge is 2.30. The maximum absolute atomic E-state index is 14.2. The number of amides is 1. The summed E-state index contributed by atoms with van der Waals surface area (Å²) in [5.41, 5.74) is 6.48. The number of benzene rings is 4. The van der Waals surface area contributed by atoms with Crippen molar-refractivity contribution in [3.63, 3.8) is 0 Å². The zero-order chi connectivity index (χ0) is 33.2. The van der Waals surface area contributed by atoms with Gasteiger partial charge < -0.3 is 13.9 Å². The van der Waals surface area contributed by atoms with Crippen molar-refractivity contribution < 1.29 is 23.1 Å². The average molecular weight is 642 g/mol. The topological polar surface area (TPSA) is 56.5 Å². The quantitative estimate of drug-likeness (QED) is 0.164. The van der Waals surface area contributed by atoms with Crippen LogP contribution in [-0.2, 0) is 22.6 Å². The Balaban J connectivity index is 1.28. The van der Waals surface area contributed by atoms with Crippen LogP contribution in [0.15, 0.2) is 121 Å². The highest BCUT2D eigenvalue weighted by Crippen LogP contribution is 2.30. The van der Waals surface area contributed by atoms with Crippen LogP contribution in [0.5, 0.6) is 0 Å². The first-order valence-corrected chi connectivity index (χ1v) is 15.9. The summed E-state index contributed by atoms with van der Waals surface area (Å²) in [5.74, 6) is -0.712. The van der Waals surface area contributed by atoms with Gasteiger partial charge in [-0.25, -0.2) is 13.6 Å². The predicted octanol–water partition coefficient (Wildman–Crippen LogP) is 8.48. The van der Waals surface area contributed by atoms with Gasteiger partial charge in [-0.1, -0.05) is 60.7 Å². The number of para-hydroxylation sites is 2. The largest absolute Gasteiger partial charge is 0.450 e. The molecular formula is C40H33F2N3O3. The van der Waals surface area contributed by atoms with Crippen molar-refractivity contribution in [2.24, 2.45) is 0 Å². The van der Waals surface area contributed by atoms with Gasteiger partial charge in [0.1, 0.15) is 11.6 Å². The Morgan fingerprint density at radius 2 is 1.12 bits per heavy atom. The van der Waals surface area contributed by atoms with E-state index in [-0.39, 0.29) is 37.1 Å². The minimum atomic E-state index is -0.487. The van der Waals surface area contributed by atoms with Gasteiger partial charge in [0.25, 0.3) is 0 Å². The van der Waals surface area contributed by atoms with E-state index in [2.05, 4.69) is 9.13 Å². The number of hydrogen-bond acceptors (Lipinski definition) is 3. The number of nitrogens with zero attached hydrogens (tertiary/aromatic N) is 3. The highest BCUT2D eigenvalue weighted by atomic mass is 19.1. The molecule has 6 nitrogen and oxygen atoms in total. The smallest absolute Gasteiger partial charge is 0.410 e. The second kappa shape index (κ2) is 13.2. The molecule has 1 aliphatic rings. The standard InChI is InChI=1S/C40H33F2N3O3/c1-2-48-40(47)45-25-31(19-29-23-43(37-9-5-3-7-35(29)37)21-27-11-15-33(41)16-12-27)39(46)32(26-45)20-30-24-44(38-10-6-4-8-36(30)38)22-28-13-17-34(42)18-14-28/h3-20,23-24H,2,21-22,25-26H2,1H3/b31-19+,32-20+. The molecule has 0 N–H and O–H groups in total. The summed E-state index contributed by atoms with van der Waals surface area (Å²) in [6.45, 7) is 3.25. The molecule has 0 unspecified atom stereocenters. The van der Waals surface area contributed by atoms with Crippen molar-refractivity contribution in [1.82, 2.24) is 14.0 Å². The number of ketones is 1. The lowest BCUT2D eigenvalue weighted by atomic mass is 9.94. The summed E-state index contributed by atoms with van der Waals surface area (Å²) in [4.78, 5) is 28.8. The van der Waals surface area contributed by atoms with Crippen LogP contribution in [0.25, 0.3) is 34.0 Å². The first kappa shape index (κ1) is 30.9. The number of hydrogen-bond donors (Lipinski definition) is 0. The van der Waals surface area contributed by atoms with Gasteiger partial charge in [-0.15, -0.1) is 0 Å². The Bertz CT molecular complexity index is 2060. The number of rotatable bonds is 7. The molecule has 0 atom stereocenters. The van der Waals surface area contributed by atoms with Crippen LogP contribution in [0.1, 0.15) is 29.2 Å². The SMILES string of the molecule is CCOC(=O)N1C/C(=C\c2cn(Cc3ccc(F)cc3)c3ccccc23)C(=O)/C(=C/c2cn(Cc3ccc(F)cc3)c3ccccc23)C1. The molecule has 0 spiro atoms. The van der Waals surface area contributed by atoms with Gasteiger partial charge in [0.05, 0.1) is 19.7 Å². The summed E-state index contributed by atoms with van der Waals surface area (Å²) >= 11 is 0. The summed E-state index contributed by atoms with van der Waals surface area (Å²) < 4.78 is 36.7. The molecule has 1 aliphatic heterocycles. The Hall–Kier alpha value is -5.76. The number of halogens is 2. The number of carbonyl (C=O) groups excluding carboxylic acids is 2. The Morgan fingerprint density at radius 3 is 1.56 bits per heavy atom. The van der Waals surface area contributed by atoms with Crippen molar-refractivity contribution in [3.8, 4) is 0 Å². The van der Waals surface area contributed by atoms with E-state index in [1.807, 2.05) is 73.1 Å². The summed E-state index contributed by atoms with van der Waals surface area (Å²) in [6, 6.07) is 28.7. The number of ether oxygens (including phenoxy) is 1. The third-order valence-electron chi connectivity index (χ3n) is 8.66. The van der Waals surface area contributed by atoms with E-state index < -0.39 is 6.09 Å². The van der Waals surface area contributed by atoms with Crippen molar-refractivity contribution in [2.45, 2.75) is 20.0 Å². The van der Waals surface area contributed by atoms with Gasteiger partial charge in [-0.2, -0.15) is 0 Å². The van der Waals surface area contributed by atoms with E-state index in [1.165, 1.54) is 24.3 Å². The van der Waals surface area contributed by atoms with Gasteiger partial charge in [0.2, 0.25) is 0 Å². The summed E-state index contributed by atoms with van der Waals surface area (Å²) in [6.07, 6.45) is 7.22. The van der Waals surface area contributed by atoms with E-state index in [4.69, 9.17) is 4.74 Å². The minimum absolute atomic E-state index is 0.110. The molecule has 0 bridgehead atoms. The summed E-state index contributed by atoms with van der Waals surface area (Å²) in [7, 11) is 0. The van der Waals surface area contributed by atoms with E-state index in [1.54, 1.807) is 36.1 Å². The predicted molar refractivity (Wildman–Crippen MR) is 184 cm³/mol. The molecule has 48 heavy (non-hydrogen) atoms. The van der Waals surface area contributed by atoms with Crippen LogP contribution in [0.2, 0.25) is 0 Å².